The van der Waals surface area contributed by atoms with Crippen LogP contribution >= 0.6 is 11.5 Å². The summed E-state index contributed by atoms with van der Waals surface area (Å²) in [5.74, 6) is -0.958. The Bertz CT molecular complexity index is 630. The fraction of sp³-hybridized carbons (Fsp3) is 0.231. The molecule has 1 heterocycles. The van der Waals surface area contributed by atoms with Gasteiger partial charge >= 0.3 is 12.0 Å². The summed E-state index contributed by atoms with van der Waals surface area (Å²) in [4.78, 5) is 24.5. The number of hydrogen-bond acceptors (Lipinski definition) is 5. The second-order valence-electron chi connectivity index (χ2n) is 4.29. The highest BCUT2D eigenvalue weighted by Gasteiger charge is 2.19. The molecule has 1 aromatic heterocycles. The van der Waals surface area contributed by atoms with Crippen molar-refractivity contribution in [3.8, 4) is 0 Å². The molecule has 0 unspecified atom stereocenters. The lowest BCUT2D eigenvalue weighted by atomic mass is 10.2. The van der Waals surface area contributed by atoms with E-state index in [1.54, 1.807) is 12.1 Å². The Morgan fingerprint density at radius 1 is 1.38 bits per heavy atom. The maximum absolute atomic E-state index is 12.3. The minimum atomic E-state index is -0.958. The van der Waals surface area contributed by atoms with Gasteiger partial charge in [-0.25, -0.2) is 4.79 Å². The number of nitrogens with zero attached hydrogens (tertiary/aromatic N) is 3. The van der Waals surface area contributed by atoms with Crippen molar-refractivity contribution in [2.75, 3.05) is 16.8 Å². The largest absolute Gasteiger partial charge is 0.481 e. The van der Waals surface area contributed by atoms with Crippen molar-refractivity contribution >= 4 is 34.2 Å². The van der Waals surface area contributed by atoms with Gasteiger partial charge in [0.2, 0.25) is 0 Å². The average molecular weight is 306 g/mol. The van der Waals surface area contributed by atoms with Gasteiger partial charge in [-0.2, -0.15) is 0 Å². The Morgan fingerprint density at radius 3 is 2.76 bits per heavy atom. The Balaban J connectivity index is 2.21. The molecule has 2 N–H and O–H groups in total. The number of aryl methyl sites for hydroxylation is 1. The summed E-state index contributed by atoms with van der Waals surface area (Å²) in [5, 5.41) is 15.6. The zero-order valence-electron chi connectivity index (χ0n) is 11.3. The van der Waals surface area contributed by atoms with Crippen LogP contribution in [0.5, 0.6) is 0 Å². The molecule has 110 valence electrons. The first-order valence-corrected chi connectivity index (χ1v) is 6.98. The molecule has 0 saturated carbocycles. The number of para-hydroxylation sites is 1. The third-order valence-electron chi connectivity index (χ3n) is 2.79. The molecular formula is C13H14N4O3S. The molecule has 2 aromatic rings. The monoisotopic (exact) mass is 306 g/mol. The number of hydrogen-bond donors (Lipinski definition) is 2. The molecule has 0 aliphatic heterocycles. The second kappa shape index (κ2) is 6.80. The molecule has 0 aliphatic rings. The molecular weight excluding hydrogens is 292 g/mol. The van der Waals surface area contributed by atoms with E-state index in [1.165, 1.54) is 11.1 Å². The number of aromatic nitrogens is 2. The summed E-state index contributed by atoms with van der Waals surface area (Å²) in [5.41, 5.74) is 1.56. The van der Waals surface area contributed by atoms with Gasteiger partial charge in [-0.1, -0.05) is 22.7 Å². The molecule has 2 amide bonds. The van der Waals surface area contributed by atoms with E-state index in [2.05, 4.69) is 14.9 Å². The van der Waals surface area contributed by atoms with E-state index in [0.29, 0.717) is 10.7 Å². The number of urea groups is 1. The van der Waals surface area contributed by atoms with Crippen LogP contribution in [0.4, 0.5) is 15.5 Å². The molecule has 0 atom stereocenters. The summed E-state index contributed by atoms with van der Waals surface area (Å²) >= 11 is 1.06. The van der Waals surface area contributed by atoms with Crippen LogP contribution in [0.3, 0.4) is 0 Å². The number of amides is 2. The first-order valence-electron chi connectivity index (χ1n) is 6.21. The summed E-state index contributed by atoms with van der Waals surface area (Å²) in [6.45, 7) is 1.95. The number of carbonyl (C=O) groups excluding carboxylic acids is 1. The van der Waals surface area contributed by atoms with Gasteiger partial charge in [-0.15, -0.1) is 5.10 Å². The van der Waals surface area contributed by atoms with Crippen LogP contribution in [-0.4, -0.2) is 33.2 Å². The predicted molar refractivity (Wildman–Crippen MR) is 79.7 cm³/mol. The van der Waals surface area contributed by atoms with Crippen LogP contribution in [0.25, 0.3) is 0 Å². The van der Waals surface area contributed by atoms with Gasteiger partial charge in [-0.05, 0) is 18.6 Å². The summed E-state index contributed by atoms with van der Waals surface area (Å²) in [7, 11) is 0. The fourth-order valence-electron chi connectivity index (χ4n) is 1.80. The minimum absolute atomic E-state index is 0.0816. The van der Waals surface area contributed by atoms with Crippen molar-refractivity contribution in [2.45, 2.75) is 13.3 Å². The zero-order chi connectivity index (χ0) is 15.2. The summed E-state index contributed by atoms with van der Waals surface area (Å²) < 4.78 is 3.66. The van der Waals surface area contributed by atoms with Gasteiger partial charge in [0.25, 0.3) is 0 Å². The molecule has 2 rings (SSSR count). The normalized spacial score (nSPS) is 10.1. The number of aliphatic carboxylic acids is 1. The van der Waals surface area contributed by atoms with Crippen molar-refractivity contribution in [2.24, 2.45) is 0 Å². The van der Waals surface area contributed by atoms with Gasteiger partial charge in [0.05, 0.1) is 12.6 Å². The van der Waals surface area contributed by atoms with Gasteiger partial charge in [0.1, 0.15) is 5.00 Å². The van der Waals surface area contributed by atoms with Gasteiger partial charge in [0.15, 0.2) is 0 Å². The van der Waals surface area contributed by atoms with Crippen LogP contribution in [0.2, 0.25) is 0 Å². The van der Waals surface area contributed by atoms with Crippen molar-refractivity contribution in [1.29, 1.82) is 0 Å². The van der Waals surface area contributed by atoms with Crippen molar-refractivity contribution in [1.82, 2.24) is 9.59 Å². The van der Waals surface area contributed by atoms with Crippen LogP contribution in [0.1, 0.15) is 12.0 Å². The predicted octanol–water partition coefficient (Wildman–Crippen LogP) is 2.36. The third-order valence-corrected chi connectivity index (χ3v) is 3.37. The first-order chi connectivity index (χ1) is 10.1. The van der Waals surface area contributed by atoms with Gasteiger partial charge in [-0.3, -0.25) is 15.0 Å². The quantitative estimate of drug-likeness (QED) is 0.884. The van der Waals surface area contributed by atoms with Gasteiger partial charge < -0.3 is 5.11 Å². The standard InChI is InChI=1S/C13H14N4O3S/c1-9-4-2-3-5-10(9)17(7-6-12(18)19)13(20)15-11-8-14-16-21-11/h2-5,8H,6-7H2,1H3,(H,15,20)(H,18,19). The van der Waals surface area contributed by atoms with Crippen LogP contribution in [0.15, 0.2) is 30.5 Å². The minimum Gasteiger partial charge on any atom is -0.481 e. The molecule has 1 aromatic carbocycles. The van der Waals surface area contributed by atoms with Crippen LogP contribution < -0.4 is 10.2 Å². The van der Waals surface area contributed by atoms with Crippen molar-refractivity contribution < 1.29 is 14.7 Å². The Labute approximate surface area is 125 Å². The Morgan fingerprint density at radius 2 is 2.14 bits per heavy atom. The van der Waals surface area contributed by atoms with Crippen LogP contribution in [0, 0.1) is 6.92 Å². The van der Waals surface area contributed by atoms with Crippen LogP contribution in [-0.2, 0) is 4.79 Å². The van der Waals surface area contributed by atoms with E-state index < -0.39 is 12.0 Å². The highest BCUT2D eigenvalue weighted by Crippen LogP contribution is 2.21. The summed E-state index contributed by atoms with van der Waals surface area (Å²) in [6.07, 6.45) is 1.30. The fourth-order valence-corrected chi connectivity index (χ4v) is 2.21. The summed E-state index contributed by atoms with van der Waals surface area (Å²) in [6, 6.07) is 6.90. The van der Waals surface area contributed by atoms with E-state index in [9.17, 15) is 9.59 Å². The maximum Gasteiger partial charge on any atom is 0.327 e. The Hall–Kier alpha value is -2.48. The number of carboxylic acids is 1. The number of anilines is 2. The number of benzene rings is 1. The van der Waals surface area contributed by atoms with E-state index in [1.807, 2.05) is 19.1 Å². The molecule has 0 bridgehead atoms. The number of nitrogens with one attached hydrogen (secondary N) is 1. The van der Waals surface area contributed by atoms with Crippen molar-refractivity contribution in [3.63, 3.8) is 0 Å². The lowest BCUT2D eigenvalue weighted by Crippen LogP contribution is -2.37. The zero-order valence-corrected chi connectivity index (χ0v) is 12.1. The molecule has 0 radical (unpaired) electrons. The number of carbonyl (C=O) groups is 2. The van der Waals surface area contributed by atoms with E-state index >= 15 is 0 Å². The van der Waals surface area contributed by atoms with E-state index in [4.69, 9.17) is 5.11 Å². The molecule has 0 fully saturated rings. The molecule has 8 heteroatoms. The molecule has 21 heavy (non-hydrogen) atoms. The first kappa shape index (κ1) is 14.9. The highest BCUT2D eigenvalue weighted by molar-refractivity contribution is 7.10. The molecule has 0 spiro atoms. The van der Waals surface area contributed by atoms with Crippen molar-refractivity contribution in [3.05, 3.63) is 36.0 Å². The van der Waals surface area contributed by atoms with E-state index in [-0.39, 0.29) is 13.0 Å². The lowest BCUT2D eigenvalue weighted by molar-refractivity contribution is -0.136. The van der Waals surface area contributed by atoms with Gasteiger partial charge in [0, 0.05) is 23.8 Å². The molecule has 7 nitrogen and oxygen atoms in total. The maximum atomic E-state index is 12.3. The average Bonchev–Trinajstić information content (AvgIpc) is 2.93. The highest BCUT2D eigenvalue weighted by atomic mass is 32.1. The second-order valence-corrected chi connectivity index (χ2v) is 5.08. The topological polar surface area (TPSA) is 95.4 Å². The smallest absolute Gasteiger partial charge is 0.327 e. The Kier molecular flexibility index (Phi) is 4.83. The number of carboxylic acid groups (broad SMARTS) is 1. The lowest BCUT2D eigenvalue weighted by Gasteiger charge is -2.23. The third kappa shape index (κ3) is 3.99. The van der Waals surface area contributed by atoms with E-state index in [0.717, 1.165) is 17.1 Å². The molecule has 0 aliphatic carbocycles. The SMILES string of the molecule is Cc1ccccc1N(CCC(=O)O)C(=O)Nc1cnns1. The number of rotatable bonds is 5. The molecule has 0 saturated heterocycles.